The summed E-state index contributed by atoms with van der Waals surface area (Å²) in [5.41, 5.74) is 2.15. The van der Waals surface area contributed by atoms with Gasteiger partial charge in [0.2, 0.25) is 5.95 Å². The van der Waals surface area contributed by atoms with E-state index in [2.05, 4.69) is 20.5 Å². The van der Waals surface area contributed by atoms with Gasteiger partial charge in [-0.15, -0.1) is 0 Å². The van der Waals surface area contributed by atoms with Crippen molar-refractivity contribution in [2.75, 3.05) is 12.0 Å². The summed E-state index contributed by atoms with van der Waals surface area (Å²) in [4.78, 5) is 31.1. The van der Waals surface area contributed by atoms with E-state index in [0.717, 1.165) is 0 Å². The number of fused-ring (bicyclic) bond motifs is 1. The number of H-pyrrole nitrogens is 1. The quantitative estimate of drug-likeness (QED) is 0.231. The number of hydrogen-bond acceptors (Lipinski definition) is 8. The van der Waals surface area contributed by atoms with Gasteiger partial charge in [-0.2, -0.15) is 10.1 Å². The minimum absolute atomic E-state index is 0.0338. The van der Waals surface area contributed by atoms with Gasteiger partial charge in [-0.3, -0.25) is 14.3 Å². The second-order valence-electron chi connectivity index (χ2n) is 7.24. The number of aliphatic hydroxyl groups excluding tert-OH is 1. The Bertz CT molecular complexity index is 1410. The van der Waals surface area contributed by atoms with Crippen LogP contribution in [0.2, 0.25) is 0 Å². The van der Waals surface area contributed by atoms with Crippen LogP contribution in [0.5, 0.6) is 11.5 Å². The Morgan fingerprint density at radius 1 is 1.18 bits per heavy atom. The van der Waals surface area contributed by atoms with Crippen LogP contribution in [0.15, 0.2) is 69.3 Å². The number of aryl methyl sites for hydroxylation is 1. The summed E-state index contributed by atoms with van der Waals surface area (Å²) in [7, 11) is 1.47. The minimum atomic E-state index is -0.998. The number of benzene rings is 2. The van der Waals surface area contributed by atoms with Crippen molar-refractivity contribution in [3.05, 3.63) is 81.0 Å². The lowest BCUT2D eigenvalue weighted by Crippen LogP contribution is -2.30. The number of para-hydroxylation sites is 2. The second-order valence-corrected chi connectivity index (χ2v) is 7.24. The summed E-state index contributed by atoms with van der Waals surface area (Å²) in [5, 5.41) is 24.5. The fraction of sp³-hybridized carbons (Fsp3) is 0.182. The molecule has 0 radical (unpaired) electrons. The van der Waals surface area contributed by atoms with Gasteiger partial charge >= 0.3 is 5.69 Å². The van der Waals surface area contributed by atoms with Gasteiger partial charge < -0.3 is 19.5 Å². The number of aromatic nitrogens is 4. The maximum Gasteiger partial charge on any atom is 0.329 e. The van der Waals surface area contributed by atoms with Crippen LogP contribution in [0.3, 0.4) is 0 Å². The van der Waals surface area contributed by atoms with E-state index in [1.807, 2.05) is 18.2 Å². The lowest BCUT2D eigenvalue weighted by atomic mass is 10.2. The van der Waals surface area contributed by atoms with Crippen molar-refractivity contribution in [1.29, 1.82) is 0 Å². The van der Waals surface area contributed by atoms with Crippen molar-refractivity contribution >= 4 is 23.3 Å². The number of nitrogens with one attached hydrogen (secondary N) is 2. The maximum absolute atomic E-state index is 12.5. The number of ether oxygens (including phenoxy) is 1. The van der Waals surface area contributed by atoms with Gasteiger partial charge in [0.1, 0.15) is 24.2 Å². The van der Waals surface area contributed by atoms with E-state index < -0.39 is 17.4 Å². The first-order valence-corrected chi connectivity index (χ1v) is 10.1. The summed E-state index contributed by atoms with van der Waals surface area (Å²) >= 11 is 0. The Morgan fingerprint density at radius 3 is 2.67 bits per heavy atom. The molecule has 0 aliphatic heterocycles. The SMILES string of the molecule is Cn1c(=O)[nH]c(=O)c2c1nc(NN=Cc1ccccc1O)n2CC(O)COc1ccccc1. The highest BCUT2D eigenvalue weighted by Crippen LogP contribution is 2.18. The van der Waals surface area contributed by atoms with E-state index in [9.17, 15) is 19.8 Å². The summed E-state index contributed by atoms with van der Waals surface area (Å²) in [5.74, 6) is 0.768. The predicted molar refractivity (Wildman–Crippen MR) is 123 cm³/mol. The number of phenols is 1. The molecule has 4 aromatic rings. The first kappa shape index (κ1) is 21.8. The number of aliphatic hydroxyl groups is 1. The van der Waals surface area contributed by atoms with Crippen LogP contribution in [0.25, 0.3) is 11.2 Å². The highest BCUT2D eigenvalue weighted by Gasteiger charge is 2.20. The Hall–Kier alpha value is -4.38. The summed E-state index contributed by atoms with van der Waals surface area (Å²) in [6.07, 6.45) is 0.388. The number of aromatic amines is 1. The number of phenolic OH excluding ortho intramolecular Hbond substituents is 1. The first-order chi connectivity index (χ1) is 15.9. The van der Waals surface area contributed by atoms with Gasteiger partial charge in [0.05, 0.1) is 12.8 Å². The molecule has 2 heterocycles. The zero-order valence-corrected chi connectivity index (χ0v) is 17.7. The first-order valence-electron chi connectivity index (χ1n) is 10.1. The third-order valence-electron chi connectivity index (χ3n) is 4.89. The molecule has 0 fully saturated rings. The third kappa shape index (κ3) is 4.77. The topological polar surface area (TPSA) is 147 Å². The van der Waals surface area contributed by atoms with E-state index in [1.165, 1.54) is 28.5 Å². The number of nitrogens with zero attached hydrogens (tertiary/aromatic N) is 4. The second kappa shape index (κ2) is 9.40. The zero-order valence-electron chi connectivity index (χ0n) is 17.7. The van der Waals surface area contributed by atoms with Crippen LogP contribution in [-0.2, 0) is 13.6 Å². The molecule has 0 aliphatic carbocycles. The molecule has 1 unspecified atom stereocenters. The molecule has 1 atom stereocenters. The summed E-state index contributed by atoms with van der Waals surface area (Å²) < 4.78 is 8.21. The molecule has 2 aromatic heterocycles. The molecule has 170 valence electrons. The number of aromatic hydroxyl groups is 1. The molecule has 33 heavy (non-hydrogen) atoms. The lowest BCUT2D eigenvalue weighted by Gasteiger charge is -2.15. The van der Waals surface area contributed by atoms with Gasteiger partial charge in [-0.05, 0) is 24.3 Å². The molecule has 11 heteroatoms. The molecule has 0 saturated carbocycles. The van der Waals surface area contributed by atoms with Crippen LogP contribution in [0.4, 0.5) is 5.95 Å². The normalized spacial score (nSPS) is 12.3. The van der Waals surface area contributed by atoms with Crippen LogP contribution >= 0.6 is 0 Å². The standard InChI is InChI=1S/C22H22N6O5/c1-27-19-18(20(31)25-22(27)32)28(12-15(29)13-33-16-8-3-2-4-9-16)21(24-19)26-23-11-14-7-5-6-10-17(14)30/h2-11,15,29-30H,12-13H2,1H3,(H,24,26)(H,25,31,32). The van der Waals surface area contributed by atoms with Crippen molar-refractivity contribution in [1.82, 2.24) is 19.1 Å². The van der Waals surface area contributed by atoms with Crippen LogP contribution in [0.1, 0.15) is 5.56 Å². The Kier molecular flexibility index (Phi) is 6.22. The van der Waals surface area contributed by atoms with E-state index in [0.29, 0.717) is 11.3 Å². The van der Waals surface area contributed by atoms with E-state index in [1.54, 1.807) is 30.3 Å². The summed E-state index contributed by atoms with van der Waals surface area (Å²) in [6, 6.07) is 15.6. The minimum Gasteiger partial charge on any atom is -0.507 e. The van der Waals surface area contributed by atoms with Gasteiger partial charge in [0.25, 0.3) is 5.56 Å². The van der Waals surface area contributed by atoms with Crippen LogP contribution in [0, 0.1) is 0 Å². The number of hydrazone groups is 1. The molecule has 0 spiro atoms. The van der Waals surface area contributed by atoms with E-state index >= 15 is 0 Å². The van der Waals surface area contributed by atoms with Crippen molar-refractivity contribution in [3.8, 4) is 11.5 Å². The largest absolute Gasteiger partial charge is 0.507 e. The van der Waals surface area contributed by atoms with Gasteiger partial charge in [0, 0.05) is 12.6 Å². The monoisotopic (exact) mass is 450 g/mol. The van der Waals surface area contributed by atoms with E-state index in [4.69, 9.17) is 4.74 Å². The zero-order chi connectivity index (χ0) is 23.4. The van der Waals surface area contributed by atoms with E-state index in [-0.39, 0.29) is 36.0 Å². The molecule has 4 N–H and O–H groups in total. The van der Waals surface area contributed by atoms with Crippen molar-refractivity contribution in [2.24, 2.45) is 12.1 Å². The van der Waals surface area contributed by atoms with Crippen LogP contribution < -0.4 is 21.4 Å². The molecule has 2 aromatic carbocycles. The predicted octanol–water partition coefficient (Wildman–Crippen LogP) is 1.01. The van der Waals surface area contributed by atoms with Crippen molar-refractivity contribution in [2.45, 2.75) is 12.6 Å². The highest BCUT2D eigenvalue weighted by molar-refractivity contribution is 5.83. The highest BCUT2D eigenvalue weighted by atomic mass is 16.5. The number of hydrogen-bond donors (Lipinski definition) is 4. The average molecular weight is 450 g/mol. The number of rotatable bonds is 8. The van der Waals surface area contributed by atoms with Gasteiger partial charge in [-0.1, -0.05) is 30.3 Å². The molecule has 0 amide bonds. The Balaban J connectivity index is 1.64. The van der Waals surface area contributed by atoms with Gasteiger partial charge in [0.15, 0.2) is 11.2 Å². The Morgan fingerprint density at radius 2 is 1.91 bits per heavy atom. The molecule has 0 saturated heterocycles. The van der Waals surface area contributed by atoms with Crippen molar-refractivity contribution < 1.29 is 14.9 Å². The molecule has 0 bridgehead atoms. The lowest BCUT2D eigenvalue weighted by molar-refractivity contribution is 0.0938. The molecular formula is C22H22N6O5. The fourth-order valence-corrected chi connectivity index (χ4v) is 3.23. The Labute approximate surface area is 187 Å². The van der Waals surface area contributed by atoms with Gasteiger partial charge in [-0.25, -0.2) is 10.2 Å². The number of anilines is 1. The third-order valence-corrected chi connectivity index (χ3v) is 4.89. The molecule has 11 nitrogen and oxygen atoms in total. The van der Waals surface area contributed by atoms with Crippen molar-refractivity contribution in [3.63, 3.8) is 0 Å². The summed E-state index contributed by atoms with van der Waals surface area (Å²) in [6.45, 7) is -0.0903. The number of imidazole rings is 1. The molecule has 0 aliphatic rings. The smallest absolute Gasteiger partial charge is 0.329 e. The maximum atomic E-state index is 12.5. The molecular weight excluding hydrogens is 428 g/mol. The van der Waals surface area contributed by atoms with Crippen LogP contribution in [-0.4, -0.2) is 48.2 Å². The average Bonchev–Trinajstić information content (AvgIpc) is 3.17. The fourth-order valence-electron chi connectivity index (χ4n) is 3.23. The molecule has 4 rings (SSSR count).